The van der Waals surface area contributed by atoms with E-state index in [9.17, 15) is 9.18 Å². The van der Waals surface area contributed by atoms with Gasteiger partial charge in [0.05, 0.1) is 23.8 Å². The van der Waals surface area contributed by atoms with Crippen LogP contribution >= 0.6 is 0 Å². The average Bonchev–Trinajstić information content (AvgIpc) is 2.43. The van der Waals surface area contributed by atoms with Gasteiger partial charge < -0.3 is 4.98 Å². The summed E-state index contributed by atoms with van der Waals surface area (Å²) < 4.78 is 14.1. The second-order valence-corrected chi connectivity index (χ2v) is 3.21. The molecule has 1 unspecified atom stereocenters. The molecule has 0 spiro atoms. The lowest BCUT2D eigenvalue weighted by Crippen LogP contribution is -2.20. The molecule has 0 aliphatic heterocycles. The summed E-state index contributed by atoms with van der Waals surface area (Å²) in [6.07, 6.45) is 2.09. The van der Waals surface area contributed by atoms with Gasteiger partial charge in [-0.15, -0.1) is 0 Å². The molecule has 0 fully saturated rings. The van der Waals surface area contributed by atoms with E-state index >= 15 is 0 Å². The lowest BCUT2D eigenvalue weighted by atomic mass is 10.4. The Bertz CT molecular complexity index is 500. The van der Waals surface area contributed by atoms with Gasteiger partial charge in [-0.1, -0.05) is 0 Å². The van der Waals surface area contributed by atoms with Gasteiger partial charge >= 0.3 is 5.69 Å². The zero-order chi connectivity index (χ0) is 10.1. The average molecular weight is 195 g/mol. The minimum Gasteiger partial charge on any atom is -0.305 e. The van der Waals surface area contributed by atoms with Crippen LogP contribution in [-0.2, 0) is 6.54 Å². The first-order valence-corrected chi connectivity index (χ1v) is 4.35. The Morgan fingerprint density at radius 1 is 1.71 bits per heavy atom. The zero-order valence-electron chi connectivity index (χ0n) is 7.70. The number of hydrogen-bond acceptors (Lipinski definition) is 2. The van der Waals surface area contributed by atoms with Crippen molar-refractivity contribution in [1.82, 2.24) is 14.5 Å². The molecule has 0 aromatic carbocycles. The molecule has 2 aromatic heterocycles. The fourth-order valence-electron chi connectivity index (χ4n) is 1.43. The SMILES string of the molecule is CC(F)Cn1c(=O)[nH]c2ccncc21. The summed E-state index contributed by atoms with van der Waals surface area (Å²) >= 11 is 0. The molecule has 74 valence electrons. The number of aromatic amines is 1. The summed E-state index contributed by atoms with van der Waals surface area (Å²) in [6.45, 7) is 1.48. The largest absolute Gasteiger partial charge is 0.326 e. The van der Waals surface area contributed by atoms with E-state index in [4.69, 9.17) is 0 Å². The number of nitrogens with one attached hydrogen (secondary N) is 1. The van der Waals surface area contributed by atoms with Crippen molar-refractivity contribution >= 4 is 11.0 Å². The molecule has 0 bridgehead atoms. The van der Waals surface area contributed by atoms with Crippen LogP contribution in [0.3, 0.4) is 0 Å². The first kappa shape index (κ1) is 8.93. The van der Waals surface area contributed by atoms with Crippen molar-refractivity contribution in [3.05, 3.63) is 28.9 Å². The molecule has 0 aliphatic carbocycles. The molecule has 0 amide bonds. The van der Waals surface area contributed by atoms with E-state index in [0.29, 0.717) is 11.0 Å². The third-order valence-corrected chi connectivity index (χ3v) is 2.01. The van der Waals surface area contributed by atoms with Gasteiger partial charge in [0.1, 0.15) is 6.17 Å². The third-order valence-electron chi connectivity index (χ3n) is 2.01. The van der Waals surface area contributed by atoms with Gasteiger partial charge in [0.15, 0.2) is 0 Å². The second kappa shape index (κ2) is 3.25. The van der Waals surface area contributed by atoms with Crippen molar-refractivity contribution in [1.29, 1.82) is 0 Å². The van der Waals surface area contributed by atoms with Crippen LogP contribution in [0, 0.1) is 0 Å². The second-order valence-electron chi connectivity index (χ2n) is 3.21. The van der Waals surface area contributed by atoms with Crippen LogP contribution in [-0.4, -0.2) is 20.7 Å². The zero-order valence-corrected chi connectivity index (χ0v) is 7.70. The maximum Gasteiger partial charge on any atom is 0.326 e. The summed E-state index contributed by atoms with van der Waals surface area (Å²) in [5.74, 6) is 0. The van der Waals surface area contributed by atoms with Crippen molar-refractivity contribution < 1.29 is 4.39 Å². The molecular formula is C9H10FN3O. The fourth-order valence-corrected chi connectivity index (χ4v) is 1.43. The number of hydrogen-bond donors (Lipinski definition) is 1. The number of nitrogens with zero attached hydrogens (tertiary/aromatic N) is 2. The van der Waals surface area contributed by atoms with Crippen molar-refractivity contribution in [3.8, 4) is 0 Å². The Kier molecular flexibility index (Phi) is 2.07. The number of H-pyrrole nitrogens is 1. The topological polar surface area (TPSA) is 50.7 Å². The smallest absolute Gasteiger partial charge is 0.305 e. The maximum absolute atomic E-state index is 12.8. The molecule has 14 heavy (non-hydrogen) atoms. The van der Waals surface area contributed by atoms with E-state index in [1.54, 1.807) is 18.5 Å². The third kappa shape index (κ3) is 1.41. The van der Waals surface area contributed by atoms with Gasteiger partial charge in [-0.2, -0.15) is 0 Å². The summed E-state index contributed by atoms with van der Waals surface area (Å²) in [5.41, 5.74) is 1.03. The van der Waals surface area contributed by atoms with Crippen molar-refractivity contribution in [2.45, 2.75) is 19.6 Å². The van der Waals surface area contributed by atoms with E-state index in [-0.39, 0.29) is 12.2 Å². The molecule has 1 atom stereocenters. The van der Waals surface area contributed by atoms with Crippen LogP contribution in [0.5, 0.6) is 0 Å². The number of alkyl halides is 1. The highest BCUT2D eigenvalue weighted by molar-refractivity contribution is 5.73. The Hall–Kier alpha value is -1.65. The summed E-state index contributed by atoms with van der Waals surface area (Å²) in [5, 5.41) is 0. The Morgan fingerprint density at radius 2 is 2.50 bits per heavy atom. The lowest BCUT2D eigenvalue weighted by molar-refractivity contribution is 0.321. The number of fused-ring (bicyclic) bond motifs is 1. The van der Waals surface area contributed by atoms with Gasteiger partial charge in [0.2, 0.25) is 0 Å². The normalized spacial score (nSPS) is 13.3. The molecule has 2 aromatic rings. The molecular weight excluding hydrogens is 185 g/mol. The quantitative estimate of drug-likeness (QED) is 0.779. The van der Waals surface area contributed by atoms with Crippen molar-refractivity contribution in [2.75, 3.05) is 0 Å². The fraction of sp³-hybridized carbons (Fsp3) is 0.333. The minimum atomic E-state index is -1.05. The van der Waals surface area contributed by atoms with Gasteiger partial charge in [0, 0.05) is 6.20 Å². The summed E-state index contributed by atoms with van der Waals surface area (Å²) in [6, 6.07) is 1.69. The molecule has 2 heterocycles. The first-order valence-electron chi connectivity index (χ1n) is 4.35. The number of aromatic nitrogens is 3. The monoisotopic (exact) mass is 195 g/mol. The highest BCUT2D eigenvalue weighted by atomic mass is 19.1. The standard InChI is InChI=1S/C9H10FN3O/c1-6(10)5-13-8-4-11-3-2-7(8)12-9(13)14/h2-4,6H,5H2,1H3,(H,12,14). The van der Waals surface area contributed by atoms with Crippen LogP contribution < -0.4 is 5.69 Å². The van der Waals surface area contributed by atoms with E-state index < -0.39 is 6.17 Å². The van der Waals surface area contributed by atoms with Gasteiger partial charge in [0.25, 0.3) is 0 Å². The van der Waals surface area contributed by atoms with E-state index in [1.165, 1.54) is 11.5 Å². The Labute approximate surface area is 79.4 Å². The molecule has 0 radical (unpaired) electrons. The molecule has 0 aliphatic rings. The van der Waals surface area contributed by atoms with Crippen molar-refractivity contribution in [2.24, 2.45) is 0 Å². The summed E-state index contributed by atoms with van der Waals surface area (Å²) in [4.78, 5) is 17.9. The predicted molar refractivity (Wildman–Crippen MR) is 50.9 cm³/mol. The molecule has 2 rings (SSSR count). The Morgan fingerprint density at radius 3 is 3.21 bits per heavy atom. The minimum absolute atomic E-state index is 0.0600. The van der Waals surface area contributed by atoms with E-state index in [1.807, 2.05) is 0 Å². The molecule has 5 heteroatoms. The van der Waals surface area contributed by atoms with Crippen LogP contribution in [0.4, 0.5) is 4.39 Å². The van der Waals surface area contributed by atoms with Crippen LogP contribution in [0.1, 0.15) is 6.92 Å². The number of imidazole rings is 1. The first-order chi connectivity index (χ1) is 6.68. The number of halogens is 1. The highest BCUT2D eigenvalue weighted by Crippen LogP contribution is 2.08. The molecule has 4 nitrogen and oxygen atoms in total. The van der Waals surface area contributed by atoms with Gasteiger partial charge in [-0.3, -0.25) is 9.55 Å². The van der Waals surface area contributed by atoms with E-state index in [2.05, 4.69) is 9.97 Å². The summed E-state index contributed by atoms with van der Waals surface area (Å²) in [7, 11) is 0. The maximum atomic E-state index is 12.8. The number of pyridine rings is 1. The van der Waals surface area contributed by atoms with Gasteiger partial charge in [-0.25, -0.2) is 9.18 Å². The van der Waals surface area contributed by atoms with Crippen LogP contribution in [0.25, 0.3) is 11.0 Å². The predicted octanol–water partition coefficient (Wildman–Crippen LogP) is 1.08. The van der Waals surface area contributed by atoms with Crippen LogP contribution in [0.15, 0.2) is 23.3 Å². The van der Waals surface area contributed by atoms with Crippen molar-refractivity contribution in [3.63, 3.8) is 0 Å². The molecule has 0 saturated carbocycles. The van der Waals surface area contributed by atoms with Crippen LogP contribution in [0.2, 0.25) is 0 Å². The molecule has 0 saturated heterocycles. The Balaban J connectivity index is 2.62. The van der Waals surface area contributed by atoms with E-state index in [0.717, 1.165) is 0 Å². The van der Waals surface area contributed by atoms with Gasteiger partial charge in [-0.05, 0) is 13.0 Å². The lowest BCUT2D eigenvalue weighted by Gasteiger charge is -2.02. The number of rotatable bonds is 2. The molecule has 1 N–H and O–H groups in total. The highest BCUT2D eigenvalue weighted by Gasteiger charge is 2.08.